The van der Waals surface area contributed by atoms with E-state index in [1.807, 2.05) is 24.0 Å². The lowest BCUT2D eigenvalue weighted by molar-refractivity contribution is 0.582. The molecule has 124 valence electrons. The van der Waals surface area contributed by atoms with Gasteiger partial charge in [-0.25, -0.2) is 4.98 Å². The summed E-state index contributed by atoms with van der Waals surface area (Å²) in [6.07, 6.45) is 8.51. The summed E-state index contributed by atoms with van der Waals surface area (Å²) in [6, 6.07) is 13.1. The third-order valence-electron chi connectivity index (χ3n) is 4.35. The van der Waals surface area contributed by atoms with Gasteiger partial charge >= 0.3 is 0 Å². The van der Waals surface area contributed by atoms with Gasteiger partial charge in [-0.2, -0.15) is 0 Å². The van der Waals surface area contributed by atoms with Crippen molar-refractivity contribution in [2.45, 2.75) is 63.8 Å². The molecule has 0 aliphatic rings. The average molecular weight is 328 g/mol. The van der Waals surface area contributed by atoms with Crippen molar-refractivity contribution < 1.29 is 0 Å². The molecular weight excluding hydrogens is 298 g/mol. The highest BCUT2D eigenvalue weighted by molar-refractivity contribution is 7.99. The highest BCUT2D eigenvalue weighted by atomic mass is 32.2. The molecule has 0 N–H and O–H groups in total. The van der Waals surface area contributed by atoms with Gasteiger partial charge in [0.15, 0.2) is 0 Å². The molecule has 23 heavy (non-hydrogen) atoms. The zero-order chi connectivity index (χ0) is 16.5. The Morgan fingerprint density at radius 3 is 2.65 bits per heavy atom. The van der Waals surface area contributed by atoms with Crippen LogP contribution in [0, 0.1) is 13.8 Å². The maximum absolute atomic E-state index is 4.46. The van der Waals surface area contributed by atoms with Crippen LogP contribution in [-0.2, 0) is 0 Å². The first-order chi connectivity index (χ1) is 11.2. The monoisotopic (exact) mass is 327 g/mol. The number of benzene rings is 1. The van der Waals surface area contributed by atoms with Crippen LogP contribution in [0.25, 0.3) is 0 Å². The average Bonchev–Trinajstić information content (AvgIpc) is 2.57. The molecule has 0 amide bonds. The molecule has 0 radical (unpaired) electrons. The smallest absolute Gasteiger partial charge is 0.0959 e. The van der Waals surface area contributed by atoms with E-state index in [9.17, 15) is 0 Å². The zero-order valence-electron chi connectivity index (χ0n) is 14.7. The lowest BCUT2D eigenvalue weighted by atomic mass is 9.90. The number of hydrogen-bond acceptors (Lipinski definition) is 2. The van der Waals surface area contributed by atoms with Gasteiger partial charge in [-0.3, -0.25) is 0 Å². The Labute approximate surface area is 145 Å². The summed E-state index contributed by atoms with van der Waals surface area (Å²) < 4.78 is 0. The molecule has 0 saturated heterocycles. The van der Waals surface area contributed by atoms with Crippen LogP contribution in [0.15, 0.2) is 47.6 Å². The Bertz CT molecular complexity index is 580. The second kappa shape index (κ2) is 9.77. The summed E-state index contributed by atoms with van der Waals surface area (Å²) in [5, 5.41) is 1.14. The van der Waals surface area contributed by atoms with Gasteiger partial charge in [-0.05, 0) is 49.4 Å². The van der Waals surface area contributed by atoms with Crippen molar-refractivity contribution in [1.82, 2.24) is 4.98 Å². The molecule has 1 atom stereocenters. The molecule has 0 saturated carbocycles. The summed E-state index contributed by atoms with van der Waals surface area (Å²) >= 11 is 1.89. The van der Waals surface area contributed by atoms with E-state index in [0.717, 1.165) is 10.8 Å². The molecule has 1 aromatic carbocycles. The van der Waals surface area contributed by atoms with Crippen LogP contribution in [0.3, 0.4) is 0 Å². The minimum Gasteiger partial charge on any atom is -0.250 e. The number of unbranched alkanes of at least 4 members (excludes halogenated alkanes) is 3. The van der Waals surface area contributed by atoms with E-state index in [0.29, 0.717) is 5.92 Å². The van der Waals surface area contributed by atoms with Crippen LogP contribution in [0.5, 0.6) is 0 Å². The molecule has 0 aliphatic heterocycles. The summed E-state index contributed by atoms with van der Waals surface area (Å²) in [7, 11) is 0. The van der Waals surface area contributed by atoms with Crippen LogP contribution >= 0.6 is 11.8 Å². The summed E-state index contributed by atoms with van der Waals surface area (Å²) in [5.41, 5.74) is 4.33. The molecular formula is C21H29NS. The first-order valence-electron chi connectivity index (χ1n) is 8.81. The van der Waals surface area contributed by atoms with Crippen LogP contribution < -0.4 is 0 Å². The number of thioether (sulfide) groups is 1. The molecule has 0 fully saturated rings. The number of hydrogen-bond donors (Lipinski definition) is 0. The van der Waals surface area contributed by atoms with Gasteiger partial charge in [0.1, 0.15) is 0 Å². The second-order valence-electron chi connectivity index (χ2n) is 6.39. The Hall–Kier alpha value is -1.28. The SMILES string of the molecule is CCCCCCC(CSc1ccccn1)c1cc(C)ccc1C. The number of pyridine rings is 1. The van der Waals surface area contributed by atoms with E-state index < -0.39 is 0 Å². The Kier molecular flexibility index (Phi) is 7.67. The summed E-state index contributed by atoms with van der Waals surface area (Å²) in [6.45, 7) is 6.72. The van der Waals surface area contributed by atoms with E-state index in [1.54, 1.807) is 0 Å². The normalized spacial score (nSPS) is 12.3. The maximum atomic E-state index is 4.46. The van der Waals surface area contributed by atoms with Crippen molar-refractivity contribution in [3.63, 3.8) is 0 Å². The van der Waals surface area contributed by atoms with Gasteiger partial charge in [0.2, 0.25) is 0 Å². The van der Waals surface area contributed by atoms with Gasteiger partial charge in [-0.15, -0.1) is 11.8 Å². The minimum absolute atomic E-state index is 0.624. The van der Waals surface area contributed by atoms with Crippen LogP contribution in [0.4, 0.5) is 0 Å². The Morgan fingerprint density at radius 1 is 1.04 bits per heavy atom. The molecule has 1 heterocycles. The maximum Gasteiger partial charge on any atom is 0.0959 e. The summed E-state index contributed by atoms with van der Waals surface area (Å²) in [5.74, 6) is 1.74. The van der Waals surface area contributed by atoms with Crippen molar-refractivity contribution in [2.75, 3.05) is 5.75 Å². The van der Waals surface area contributed by atoms with Gasteiger partial charge in [0.05, 0.1) is 5.03 Å². The molecule has 2 heteroatoms. The fourth-order valence-electron chi connectivity index (χ4n) is 2.96. The van der Waals surface area contributed by atoms with Crippen LogP contribution in [-0.4, -0.2) is 10.7 Å². The topological polar surface area (TPSA) is 12.9 Å². The van der Waals surface area contributed by atoms with E-state index in [2.05, 4.69) is 56.1 Å². The quantitative estimate of drug-likeness (QED) is 0.383. The highest BCUT2D eigenvalue weighted by Gasteiger charge is 2.15. The molecule has 0 bridgehead atoms. The highest BCUT2D eigenvalue weighted by Crippen LogP contribution is 2.32. The van der Waals surface area contributed by atoms with E-state index >= 15 is 0 Å². The van der Waals surface area contributed by atoms with Crippen LogP contribution in [0.1, 0.15) is 61.6 Å². The van der Waals surface area contributed by atoms with Crippen molar-refractivity contribution in [3.05, 3.63) is 59.3 Å². The number of aromatic nitrogens is 1. The van der Waals surface area contributed by atoms with Gasteiger partial charge < -0.3 is 0 Å². The second-order valence-corrected chi connectivity index (χ2v) is 7.43. The van der Waals surface area contributed by atoms with Gasteiger partial charge in [0, 0.05) is 11.9 Å². The van der Waals surface area contributed by atoms with Crippen molar-refractivity contribution in [1.29, 1.82) is 0 Å². The molecule has 2 aromatic rings. The van der Waals surface area contributed by atoms with Crippen molar-refractivity contribution in [3.8, 4) is 0 Å². The predicted octanol–water partition coefficient (Wildman–Crippen LogP) is 6.54. The molecule has 0 spiro atoms. The molecule has 2 rings (SSSR count). The molecule has 1 unspecified atom stereocenters. The lowest BCUT2D eigenvalue weighted by Gasteiger charge is -2.20. The van der Waals surface area contributed by atoms with E-state index in [4.69, 9.17) is 0 Å². The third-order valence-corrected chi connectivity index (χ3v) is 5.46. The van der Waals surface area contributed by atoms with E-state index in [1.165, 1.54) is 48.8 Å². The lowest BCUT2D eigenvalue weighted by Crippen LogP contribution is -2.05. The van der Waals surface area contributed by atoms with Crippen LogP contribution in [0.2, 0.25) is 0 Å². The fourth-order valence-corrected chi connectivity index (χ4v) is 3.99. The first-order valence-corrected chi connectivity index (χ1v) is 9.80. The molecule has 1 nitrogen and oxygen atoms in total. The number of nitrogens with zero attached hydrogens (tertiary/aromatic N) is 1. The first kappa shape index (κ1) is 18.1. The fraction of sp³-hybridized carbons (Fsp3) is 0.476. The molecule has 0 aliphatic carbocycles. The number of rotatable bonds is 9. The predicted molar refractivity (Wildman–Crippen MR) is 102 cm³/mol. The Balaban J connectivity index is 2.06. The summed E-state index contributed by atoms with van der Waals surface area (Å²) in [4.78, 5) is 4.46. The van der Waals surface area contributed by atoms with Crippen molar-refractivity contribution >= 4 is 11.8 Å². The largest absolute Gasteiger partial charge is 0.250 e. The molecule has 1 aromatic heterocycles. The Morgan fingerprint density at radius 2 is 1.91 bits per heavy atom. The zero-order valence-corrected chi connectivity index (χ0v) is 15.5. The van der Waals surface area contributed by atoms with Crippen molar-refractivity contribution in [2.24, 2.45) is 0 Å². The van der Waals surface area contributed by atoms with Gasteiger partial charge in [0.25, 0.3) is 0 Å². The third kappa shape index (κ3) is 6.02. The van der Waals surface area contributed by atoms with Gasteiger partial charge in [-0.1, -0.05) is 62.4 Å². The number of aryl methyl sites for hydroxylation is 2. The van der Waals surface area contributed by atoms with E-state index in [-0.39, 0.29) is 0 Å². The minimum atomic E-state index is 0.624. The standard InChI is InChI=1S/C21H29NS/c1-4-5-6-7-10-19(16-23-21-11-8-9-14-22-21)20-15-17(2)12-13-18(20)3/h8-9,11-15,19H,4-7,10,16H2,1-3H3.